The number of nitrogens with zero attached hydrogens (tertiary/aromatic N) is 1. The Morgan fingerprint density at radius 1 is 0.711 bits per heavy atom. The zero-order valence-corrected chi connectivity index (χ0v) is 22.9. The molecule has 2 amide bonds. The summed E-state index contributed by atoms with van der Waals surface area (Å²) in [5.74, 6) is -0.419. The molecule has 4 aromatic rings. The molecule has 0 aliphatic carbocycles. The predicted molar refractivity (Wildman–Crippen MR) is 154 cm³/mol. The molecule has 0 fully saturated rings. The van der Waals surface area contributed by atoms with E-state index in [4.69, 9.17) is 34.8 Å². The van der Waals surface area contributed by atoms with Gasteiger partial charge in [-0.05, 0) is 46.5 Å². The minimum absolute atomic E-state index is 0.144. The van der Waals surface area contributed by atoms with E-state index in [0.717, 1.165) is 22.3 Å². The van der Waals surface area contributed by atoms with E-state index in [1.165, 1.54) is 0 Å². The van der Waals surface area contributed by atoms with Gasteiger partial charge >= 0.3 is 0 Å². The lowest BCUT2D eigenvalue weighted by Crippen LogP contribution is -2.50. The molecule has 0 radical (unpaired) electrons. The van der Waals surface area contributed by atoms with Crippen molar-refractivity contribution in [3.8, 4) is 0 Å². The van der Waals surface area contributed by atoms with E-state index in [1.54, 1.807) is 35.2 Å². The molecular weight excluding hydrogens is 539 g/mol. The third-order valence-electron chi connectivity index (χ3n) is 6.20. The molecule has 0 saturated carbocycles. The Morgan fingerprint density at radius 3 is 1.95 bits per heavy atom. The Hall–Kier alpha value is -3.31. The lowest BCUT2D eigenvalue weighted by atomic mass is 10.0. The van der Waals surface area contributed by atoms with Gasteiger partial charge < -0.3 is 10.2 Å². The molecule has 0 spiro atoms. The Balaban J connectivity index is 1.64. The molecule has 38 heavy (non-hydrogen) atoms. The van der Waals surface area contributed by atoms with Gasteiger partial charge in [-0.2, -0.15) is 0 Å². The lowest BCUT2D eigenvalue weighted by Gasteiger charge is -2.32. The summed E-state index contributed by atoms with van der Waals surface area (Å²) in [6.07, 6.45) is 0.506. The maximum atomic E-state index is 13.8. The van der Waals surface area contributed by atoms with Crippen LogP contribution in [0.25, 0.3) is 0 Å². The van der Waals surface area contributed by atoms with Crippen molar-refractivity contribution in [1.29, 1.82) is 0 Å². The SMILES string of the molecule is O=C(NCc1ccc(Cl)cc1Cl)[C@H](Cc1ccccc1)N(Cc1ccccc1)C(=O)Cc1ccc(Cl)cc1. The zero-order chi connectivity index (χ0) is 26.9. The Labute approximate surface area is 238 Å². The van der Waals surface area contributed by atoms with Crippen LogP contribution >= 0.6 is 34.8 Å². The fourth-order valence-electron chi connectivity index (χ4n) is 4.18. The van der Waals surface area contributed by atoms with Gasteiger partial charge in [0.25, 0.3) is 0 Å². The van der Waals surface area contributed by atoms with Crippen LogP contribution in [-0.2, 0) is 35.5 Å². The number of benzene rings is 4. The quantitative estimate of drug-likeness (QED) is 0.222. The van der Waals surface area contributed by atoms with Crippen molar-refractivity contribution in [1.82, 2.24) is 10.2 Å². The van der Waals surface area contributed by atoms with Crippen LogP contribution in [0.4, 0.5) is 0 Å². The molecule has 0 saturated heterocycles. The minimum atomic E-state index is -0.747. The molecule has 0 unspecified atom stereocenters. The van der Waals surface area contributed by atoms with Gasteiger partial charge in [0.05, 0.1) is 6.42 Å². The molecule has 4 nitrogen and oxygen atoms in total. The van der Waals surface area contributed by atoms with E-state index in [1.807, 2.05) is 72.8 Å². The number of nitrogens with one attached hydrogen (secondary N) is 1. The fourth-order valence-corrected chi connectivity index (χ4v) is 4.78. The Kier molecular flexibility index (Phi) is 9.83. The van der Waals surface area contributed by atoms with Crippen LogP contribution in [0, 0.1) is 0 Å². The summed E-state index contributed by atoms with van der Waals surface area (Å²) in [5, 5.41) is 4.59. The summed E-state index contributed by atoms with van der Waals surface area (Å²) < 4.78 is 0. The minimum Gasteiger partial charge on any atom is -0.350 e. The second kappa shape index (κ2) is 13.5. The van der Waals surface area contributed by atoms with Gasteiger partial charge in [-0.25, -0.2) is 0 Å². The third kappa shape index (κ3) is 7.84. The number of hydrogen-bond acceptors (Lipinski definition) is 2. The van der Waals surface area contributed by atoms with Gasteiger partial charge in [-0.15, -0.1) is 0 Å². The fraction of sp³-hybridized carbons (Fsp3) is 0.161. The maximum absolute atomic E-state index is 13.8. The molecule has 0 bridgehead atoms. The molecule has 0 aliphatic rings. The maximum Gasteiger partial charge on any atom is 0.243 e. The monoisotopic (exact) mass is 564 g/mol. The number of hydrogen-bond donors (Lipinski definition) is 1. The summed E-state index contributed by atoms with van der Waals surface area (Å²) >= 11 is 18.4. The van der Waals surface area contributed by atoms with E-state index in [0.29, 0.717) is 28.0 Å². The van der Waals surface area contributed by atoms with Crippen LogP contribution in [0.15, 0.2) is 103 Å². The van der Waals surface area contributed by atoms with Crippen molar-refractivity contribution in [2.75, 3.05) is 0 Å². The molecule has 194 valence electrons. The molecule has 0 aromatic heterocycles. The first-order valence-corrected chi connectivity index (χ1v) is 13.4. The van der Waals surface area contributed by atoms with Crippen molar-refractivity contribution < 1.29 is 9.59 Å². The first kappa shape index (κ1) is 27.7. The first-order valence-electron chi connectivity index (χ1n) is 12.2. The van der Waals surface area contributed by atoms with Gasteiger partial charge in [-0.3, -0.25) is 9.59 Å². The van der Waals surface area contributed by atoms with E-state index >= 15 is 0 Å². The highest BCUT2D eigenvalue weighted by molar-refractivity contribution is 6.35. The topological polar surface area (TPSA) is 49.4 Å². The summed E-state index contributed by atoms with van der Waals surface area (Å²) in [5.41, 5.74) is 3.45. The van der Waals surface area contributed by atoms with Crippen LogP contribution in [-0.4, -0.2) is 22.8 Å². The van der Waals surface area contributed by atoms with Crippen LogP contribution in [0.2, 0.25) is 15.1 Å². The predicted octanol–water partition coefficient (Wildman–Crippen LogP) is 7.15. The molecule has 1 atom stereocenters. The van der Waals surface area contributed by atoms with Gasteiger partial charge in [0, 0.05) is 34.6 Å². The van der Waals surface area contributed by atoms with Gasteiger partial charge in [0.1, 0.15) is 6.04 Å². The normalized spacial score (nSPS) is 11.6. The van der Waals surface area contributed by atoms with E-state index in [9.17, 15) is 9.59 Å². The van der Waals surface area contributed by atoms with Gasteiger partial charge in [0.2, 0.25) is 11.8 Å². The second-order valence-electron chi connectivity index (χ2n) is 8.97. The largest absolute Gasteiger partial charge is 0.350 e. The number of carbonyl (C=O) groups excluding carboxylic acids is 2. The van der Waals surface area contributed by atoms with E-state index in [-0.39, 0.29) is 24.8 Å². The number of rotatable bonds is 10. The van der Waals surface area contributed by atoms with Crippen molar-refractivity contribution in [3.05, 3.63) is 140 Å². The van der Waals surface area contributed by atoms with E-state index in [2.05, 4.69) is 5.32 Å². The summed E-state index contributed by atoms with van der Waals surface area (Å²) in [7, 11) is 0. The third-order valence-corrected chi connectivity index (χ3v) is 7.04. The average Bonchev–Trinajstić information content (AvgIpc) is 2.92. The molecule has 0 aliphatic heterocycles. The first-order chi connectivity index (χ1) is 18.4. The van der Waals surface area contributed by atoms with Crippen molar-refractivity contribution in [2.45, 2.75) is 32.0 Å². The van der Waals surface area contributed by atoms with Crippen LogP contribution in [0.1, 0.15) is 22.3 Å². The summed E-state index contributed by atoms with van der Waals surface area (Å²) in [6.45, 7) is 0.505. The number of amides is 2. The standard InChI is InChI=1S/C31H27Cl3N2O2/c32-26-14-11-23(12-15-26)18-30(37)36(21-24-9-5-2-6-10-24)29(17-22-7-3-1-4-8-22)31(38)35-20-25-13-16-27(33)19-28(25)34/h1-16,19,29H,17-18,20-21H2,(H,35,38)/t29-/m0/s1. The van der Waals surface area contributed by atoms with Crippen molar-refractivity contribution in [2.24, 2.45) is 0 Å². The molecule has 0 heterocycles. The number of halogens is 3. The van der Waals surface area contributed by atoms with Crippen molar-refractivity contribution >= 4 is 46.6 Å². The smallest absolute Gasteiger partial charge is 0.243 e. The Morgan fingerprint density at radius 2 is 1.32 bits per heavy atom. The van der Waals surface area contributed by atoms with Gasteiger partial charge in [0.15, 0.2) is 0 Å². The zero-order valence-electron chi connectivity index (χ0n) is 20.6. The van der Waals surface area contributed by atoms with Crippen LogP contribution < -0.4 is 5.32 Å². The second-order valence-corrected chi connectivity index (χ2v) is 10.2. The molecule has 1 N–H and O–H groups in total. The molecule has 4 rings (SSSR count). The highest BCUT2D eigenvalue weighted by Crippen LogP contribution is 2.22. The summed E-state index contributed by atoms with van der Waals surface area (Å²) in [6, 6.07) is 31.0. The van der Waals surface area contributed by atoms with Crippen LogP contribution in [0.5, 0.6) is 0 Å². The van der Waals surface area contributed by atoms with E-state index < -0.39 is 6.04 Å². The molecular formula is C31H27Cl3N2O2. The van der Waals surface area contributed by atoms with Crippen LogP contribution in [0.3, 0.4) is 0 Å². The summed E-state index contributed by atoms with van der Waals surface area (Å²) in [4.78, 5) is 29.2. The van der Waals surface area contributed by atoms with Crippen molar-refractivity contribution in [3.63, 3.8) is 0 Å². The molecule has 4 aromatic carbocycles. The molecule has 7 heteroatoms. The Bertz CT molecular complexity index is 1360. The lowest BCUT2D eigenvalue weighted by molar-refractivity contribution is -0.140. The highest BCUT2D eigenvalue weighted by atomic mass is 35.5. The van der Waals surface area contributed by atoms with Gasteiger partial charge in [-0.1, -0.05) is 114 Å². The highest BCUT2D eigenvalue weighted by Gasteiger charge is 2.30. The number of carbonyl (C=O) groups is 2. The average molecular weight is 566 g/mol.